The number of hydrogen-bond donors (Lipinski definition) is 0. The van der Waals surface area contributed by atoms with E-state index in [9.17, 15) is 0 Å². The molecule has 0 saturated heterocycles. The molecule has 0 N–H and O–H groups in total. The van der Waals surface area contributed by atoms with Crippen LogP contribution in [0.3, 0.4) is 0 Å². The minimum Gasteiger partial charge on any atom is -0.310 e. The lowest BCUT2D eigenvalue weighted by atomic mass is 10.0. The van der Waals surface area contributed by atoms with E-state index in [4.69, 9.17) is 0 Å². The summed E-state index contributed by atoms with van der Waals surface area (Å²) >= 11 is 0. The second-order valence-corrected chi connectivity index (χ2v) is 15.2. The molecule has 0 atom stereocenters. The van der Waals surface area contributed by atoms with Crippen molar-refractivity contribution in [2.45, 2.75) is 20.8 Å². The first kappa shape index (κ1) is 38.7. The zero-order valence-electron chi connectivity index (χ0n) is 34.8. The van der Waals surface area contributed by atoms with Crippen molar-refractivity contribution in [1.82, 2.24) is 0 Å². The molecule has 0 fully saturated rings. The third kappa shape index (κ3) is 8.00. The van der Waals surface area contributed by atoms with Crippen molar-refractivity contribution in [3.63, 3.8) is 0 Å². The zero-order chi connectivity index (χ0) is 41.5. The summed E-state index contributed by atoms with van der Waals surface area (Å²) in [5, 5.41) is 0. The summed E-state index contributed by atoms with van der Waals surface area (Å²) in [7, 11) is 0. The SMILES string of the molecule is Cc1ccc(N(c2ccccc2)c2ccccc2)cc1N(c1ccccc1)c1cccc(N(c2ccccc2)c2cc(N(c3ccccc3)c3ccccc3)ccc2C)c1C. The van der Waals surface area contributed by atoms with Crippen LogP contribution < -0.4 is 19.6 Å². The van der Waals surface area contributed by atoms with Gasteiger partial charge < -0.3 is 19.6 Å². The van der Waals surface area contributed by atoms with Crippen molar-refractivity contribution in [2.75, 3.05) is 19.6 Å². The molecule has 0 aliphatic heterocycles. The molecule has 0 aliphatic carbocycles. The Morgan fingerprint density at radius 1 is 0.213 bits per heavy atom. The second-order valence-electron chi connectivity index (χ2n) is 15.2. The third-order valence-corrected chi connectivity index (χ3v) is 11.2. The minimum atomic E-state index is 1.08. The van der Waals surface area contributed by atoms with Crippen LogP contribution in [0.5, 0.6) is 0 Å². The van der Waals surface area contributed by atoms with Crippen molar-refractivity contribution >= 4 is 68.2 Å². The number of benzene rings is 9. The number of rotatable bonds is 12. The fraction of sp³-hybridized carbons (Fsp3) is 0.0526. The van der Waals surface area contributed by atoms with Gasteiger partial charge in [0.2, 0.25) is 0 Å². The molecule has 4 heteroatoms. The summed E-state index contributed by atoms with van der Waals surface area (Å²) in [6, 6.07) is 84.2. The van der Waals surface area contributed by atoms with Gasteiger partial charge in [0, 0.05) is 45.5 Å². The predicted molar refractivity (Wildman–Crippen MR) is 259 cm³/mol. The molecule has 0 aliphatic rings. The van der Waals surface area contributed by atoms with E-state index >= 15 is 0 Å². The smallest absolute Gasteiger partial charge is 0.0511 e. The van der Waals surface area contributed by atoms with Crippen LogP contribution in [0, 0.1) is 20.8 Å². The maximum Gasteiger partial charge on any atom is 0.0511 e. The van der Waals surface area contributed by atoms with Gasteiger partial charge in [0.15, 0.2) is 0 Å². The van der Waals surface area contributed by atoms with Gasteiger partial charge in [0.05, 0.1) is 22.7 Å². The molecular formula is C57H48N4. The van der Waals surface area contributed by atoms with E-state index in [1.165, 1.54) is 11.1 Å². The summed E-state index contributed by atoms with van der Waals surface area (Å²) in [4.78, 5) is 9.50. The molecule has 0 amide bonds. The summed E-state index contributed by atoms with van der Waals surface area (Å²) < 4.78 is 0. The highest BCUT2D eigenvalue weighted by Crippen LogP contribution is 2.48. The van der Waals surface area contributed by atoms with Crippen LogP contribution in [0.1, 0.15) is 16.7 Å². The lowest BCUT2D eigenvalue weighted by Gasteiger charge is -2.34. The average Bonchev–Trinajstić information content (AvgIpc) is 3.32. The highest BCUT2D eigenvalue weighted by Gasteiger charge is 2.25. The van der Waals surface area contributed by atoms with Crippen LogP contribution in [0.25, 0.3) is 0 Å². The van der Waals surface area contributed by atoms with E-state index in [1.807, 2.05) is 0 Å². The predicted octanol–water partition coefficient (Wildman–Crippen LogP) is 16.5. The molecule has 0 saturated carbocycles. The van der Waals surface area contributed by atoms with Gasteiger partial charge in [-0.1, -0.05) is 127 Å². The van der Waals surface area contributed by atoms with Crippen molar-refractivity contribution in [1.29, 1.82) is 0 Å². The Labute approximate surface area is 360 Å². The van der Waals surface area contributed by atoms with E-state index in [0.717, 1.165) is 73.8 Å². The van der Waals surface area contributed by atoms with Crippen LogP contribution >= 0.6 is 0 Å². The number of para-hydroxylation sites is 6. The maximum atomic E-state index is 2.42. The van der Waals surface area contributed by atoms with Crippen molar-refractivity contribution in [3.05, 3.63) is 253 Å². The van der Waals surface area contributed by atoms with Crippen molar-refractivity contribution in [2.24, 2.45) is 0 Å². The Hall–Kier alpha value is -7.82. The third-order valence-electron chi connectivity index (χ3n) is 11.2. The van der Waals surface area contributed by atoms with Gasteiger partial charge in [0.25, 0.3) is 0 Å². The standard InChI is InChI=1S/C57H48N4/c1-43-37-39-52(58(46-23-10-4-11-24-46)47-25-12-5-13-26-47)41-56(43)60(50-31-18-8-19-32-50)54-35-22-36-55(45(54)3)61(51-33-20-9-21-34-51)57-42-53(40-38-44(57)2)59(48-27-14-6-15-28-48)49-29-16-7-17-30-49/h4-42H,1-3H3. The molecule has 9 rings (SSSR count). The molecule has 296 valence electrons. The van der Waals surface area contributed by atoms with Gasteiger partial charge in [-0.05, 0) is 147 Å². The second kappa shape index (κ2) is 17.6. The fourth-order valence-electron chi connectivity index (χ4n) is 8.22. The molecule has 9 aromatic rings. The Morgan fingerprint density at radius 2 is 0.475 bits per heavy atom. The Kier molecular flexibility index (Phi) is 11.1. The molecule has 0 heterocycles. The number of hydrogen-bond acceptors (Lipinski definition) is 4. The zero-order valence-corrected chi connectivity index (χ0v) is 34.8. The summed E-state index contributed by atoms with van der Waals surface area (Å²) in [5.41, 5.74) is 16.6. The Bertz CT molecular complexity index is 2560. The summed E-state index contributed by atoms with van der Waals surface area (Å²) in [6.45, 7) is 6.68. The van der Waals surface area contributed by atoms with E-state index in [2.05, 4.69) is 277 Å². The molecule has 0 aromatic heterocycles. The molecule has 0 unspecified atom stereocenters. The molecule has 0 radical (unpaired) electrons. The van der Waals surface area contributed by atoms with E-state index < -0.39 is 0 Å². The average molecular weight is 789 g/mol. The first-order valence-electron chi connectivity index (χ1n) is 20.9. The first-order valence-corrected chi connectivity index (χ1v) is 20.9. The van der Waals surface area contributed by atoms with E-state index in [-0.39, 0.29) is 0 Å². The molecule has 4 nitrogen and oxygen atoms in total. The molecule has 0 spiro atoms. The van der Waals surface area contributed by atoms with Gasteiger partial charge in [-0.3, -0.25) is 0 Å². The number of anilines is 12. The fourth-order valence-corrected chi connectivity index (χ4v) is 8.22. The quantitative estimate of drug-likeness (QED) is 0.122. The van der Waals surface area contributed by atoms with Crippen LogP contribution in [-0.2, 0) is 0 Å². The van der Waals surface area contributed by atoms with Crippen LogP contribution in [0.2, 0.25) is 0 Å². The van der Waals surface area contributed by atoms with Crippen molar-refractivity contribution in [3.8, 4) is 0 Å². The topological polar surface area (TPSA) is 13.0 Å². The maximum absolute atomic E-state index is 2.42. The van der Waals surface area contributed by atoms with Gasteiger partial charge in [-0.15, -0.1) is 0 Å². The minimum absolute atomic E-state index is 1.08. The first-order chi connectivity index (χ1) is 30.0. The normalized spacial score (nSPS) is 10.9. The number of nitrogens with zero attached hydrogens (tertiary/aromatic N) is 4. The van der Waals surface area contributed by atoms with Crippen LogP contribution in [0.15, 0.2) is 237 Å². The monoisotopic (exact) mass is 788 g/mol. The molecule has 9 aromatic carbocycles. The lowest BCUT2D eigenvalue weighted by molar-refractivity contribution is 1.18. The van der Waals surface area contributed by atoms with Crippen LogP contribution in [-0.4, -0.2) is 0 Å². The lowest BCUT2D eigenvalue weighted by Crippen LogP contribution is -2.18. The van der Waals surface area contributed by atoms with Gasteiger partial charge >= 0.3 is 0 Å². The largest absolute Gasteiger partial charge is 0.310 e. The van der Waals surface area contributed by atoms with Crippen molar-refractivity contribution < 1.29 is 0 Å². The Balaban J connectivity index is 1.22. The Morgan fingerprint density at radius 3 is 0.754 bits per heavy atom. The summed E-state index contributed by atoms with van der Waals surface area (Å²) in [6.07, 6.45) is 0. The molecular weight excluding hydrogens is 741 g/mol. The van der Waals surface area contributed by atoms with Gasteiger partial charge in [-0.2, -0.15) is 0 Å². The molecule has 0 bridgehead atoms. The van der Waals surface area contributed by atoms with E-state index in [1.54, 1.807) is 0 Å². The van der Waals surface area contributed by atoms with Gasteiger partial charge in [0.1, 0.15) is 0 Å². The van der Waals surface area contributed by atoms with E-state index in [0.29, 0.717) is 0 Å². The highest BCUT2D eigenvalue weighted by molar-refractivity contribution is 5.91. The van der Waals surface area contributed by atoms with Gasteiger partial charge in [-0.25, -0.2) is 0 Å². The van der Waals surface area contributed by atoms with Crippen LogP contribution in [0.4, 0.5) is 68.2 Å². The molecule has 61 heavy (non-hydrogen) atoms. The number of aryl methyl sites for hydroxylation is 2. The summed E-state index contributed by atoms with van der Waals surface area (Å²) in [5.74, 6) is 0. The highest BCUT2D eigenvalue weighted by atomic mass is 15.2.